The molecule has 5 nitrogen and oxygen atoms in total. The molecule has 0 spiro atoms. The van der Waals surface area contributed by atoms with E-state index in [2.05, 4.69) is 0 Å². The zero-order valence-electron chi connectivity index (χ0n) is 9.26. The van der Waals surface area contributed by atoms with E-state index in [1.54, 1.807) is 4.90 Å². The van der Waals surface area contributed by atoms with Crippen molar-refractivity contribution < 1.29 is 14.7 Å². The molecule has 2 aliphatic rings. The molecule has 2 atom stereocenters. The molecule has 0 radical (unpaired) electrons. The van der Waals surface area contributed by atoms with Gasteiger partial charge in [0.1, 0.15) is 0 Å². The van der Waals surface area contributed by atoms with Crippen LogP contribution in [0.3, 0.4) is 0 Å². The van der Waals surface area contributed by atoms with Gasteiger partial charge in [0.25, 0.3) is 0 Å². The van der Waals surface area contributed by atoms with Crippen molar-refractivity contribution in [1.82, 2.24) is 4.90 Å². The fourth-order valence-electron chi connectivity index (χ4n) is 2.21. The molecule has 16 heavy (non-hydrogen) atoms. The Morgan fingerprint density at radius 1 is 1.38 bits per heavy atom. The van der Waals surface area contributed by atoms with E-state index in [1.807, 2.05) is 0 Å². The van der Waals surface area contributed by atoms with E-state index in [1.165, 1.54) is 0 Å². The highest BCUT2D eigenvalue weighted by Crippen LogP contribution is 2.33. The Hall–Kier alpha value is -1.10. The van der Waals surface area contributed by atoms with Crippen LogP contribution in [-0.2, 0) is 9.59 Å². The van der Waals surface area contributed by atoms with E-state index >= 15 is 0 Å². The van der Waals surface area contributed by atoms with E-state index in [-0.39, 0.29) is 17.9 Å². The smallest absolute Gasteiger partial charge is 0.308 e. The summed E-state index contributed by atoms with van der Waals surface area (Å²) in [7, 11) is 0. The predicted octanol–water partition coefficient (Wildman–Crippen LogP) is 0.0469. The zero-order valence-corrected chi connectivity index (χ0v) is 9.26. The molecule has 0 bridgehead atoms. The number of rotatable bonds is 4. The van der Waals surface area contributed by atoms with Gasteiger partial charge in [-0.1, -0.05) is 0 Å². The summed E-state index contributed by atoms with van der Waals surface area (Å²) in [5.41, 5.74) is 5.88. The van der Waals surface area contributed by atoms with Crippen LogP contribution < -0.4 is 5.73 Å². The third kappa shape index (κ3) is 2.52. The Morgan fingerprint density at radius 2 is 2.06 bits per heavy atom. The Kier molecular flexibility index (Phi) is 3.14. The maximum Gasteiger partial charge on any atom is 0.308 e. The fourth-order valence-corrected chi connectivity index (χ4v) is 2.21. The summed E-state index contributed by atoms with van der Waals surface area (Å²) >= 11 is 0. The van der Waals surface area contributed by atoms with Crippen LogP contribution in [-0.4, -0.2) is 41.0 Å². The molecule has 1 saturated heterocycles. The Morgan fingerprint density at radius 3 is 2.56 bits per heavy atom. The minimum Gasteiger partial charge on any atom is -0.481 e. The summed E-state index contributed by atoms with van der Waals surface area (Å²) in [6, 6.07) is -0.0311. The average molecular weight is 226 g/mol. The van der Waals surface area contributed by atoms with Crippen molar-refractivity contribution in [1.29, 1.82) is 0 Å². The third-order valence-electron chi connectivity index (χ3n) is 3.53. The highest BCUT2D eigenvalue weighted by atomic mass is 16.4. The first-order valence-corrected chi connectivity index (χ1v) is 5.84. The van der Waals surface area contributed by atoms with Crippen LogP contribution in [0.5, 0.6) is 0 Å². The van der Waals surface area contributed by atoms with E-state index in [4.69, 9.17) is 10.8 Å². The zero-order chi connectivity index (χ0) is 11.7. The molecule has 1 saturated carbocycles. The van der Waals surface area contributed by atoms with Crippen LogP contribution >= 0.6 is 0 Å². The van der Waals surface area contributed by atoms with Crippen LogP contribution in [0.15, 0.2) is 0 Å². The molecular formula is C11H18N2O3. The van der Waals surface area contributed by atoms with Crippen molar-refractivity contribution in [3.05, 3.63) is 0 Å². The second-order valence-electron chi connectivity index (χ2n) is 4.87. The van der Waals surface area contributed by atoms with Crippen LogP contribution in [0.4, 0.5) is 0 Å². The number of carboxylic acids is 1. The summed E-state index contributed by atoms with van der Waals surface area (Å²) in [4.78, 5) is 24.2. The van der Waals surface area contributed by atoms with E-state index < -0.39 is 5.97 Å². The van der Waals surface area contributed by atoms with Crippen molar-refractivity contribution in [3.8, 4) is 0 Å². The van der Waals surface area contributed by atoms with Crippen molar-refractivity contribution >= 4 is 11.9 Å². The fraction of sp³-hybridized carbons (Fsp3) is 0.818. The van der Waals surface area contributed by atoms with Gasteiger partial charge in [0, 0.05) is 25.6 Å². The first kappa shape index (κ1) is 11.4. The number of nitrogens with zero attached hydrogens (tertiary/aromatic N) is 1. The Bertz CT molecular complexity index is 302. The van der Waals surface area contributed by atoms with Crippen LogP contribution in [0.1, 0.15) is 25.7 Å². The van der Waals surface area contributed by atoms with E-state index in [9.17, 15) is 9.59 Å². The molecule has 0 aromatic rings. The standard InChI is InChI=1S/C11H18N2O3/c12-9(7-1-2-7)5-10(14)13-4-3-8(6-13)11(15)16/h7-9H,1-6,12H2,(H,15,16). The molecule has 2 fully saturated rings. The predicted molar refractivity (Wildman–Crippen MR) is 57.6 cm³/mol. The number of hydrogen-bond donors (Lipinski definition) is 2. The van der Waals surface area contributed by atoms with Crippen molar-refractivity contribution in [3.63, 3.8) is 0 Å². The summed E-state index contributed by atoms with van der Waals surface area (Å²) in [5.74, 6) is -0.659. The van der Waals surface area contributed by atoms with Gasteiger partial charge in [0.05, 0.1) is 5.92 Å². The number of aliphatic carboxylic acids is 1. The molecule has 1 amide bonds. The number of likely N-dealkylation sites (tertiary alicyclic amines) is 1. The van der Waals surface area contributed by atoms with Gasteiger partial charge < -0.3 is 15.7 Å². The molecular weight excluding hydrogens is 208 g/mol. The molecule has 1 aliphatic heterocycles. The average Bonchev–Trinajstić information content (AvgIpc) is 2.95. The summed E-state index contributed by atoms with van der Waals surface area (Å²) in [6.45, 7) is 0.915. The lowest BCUT2D eigenvalue weighted by Crippen LogP contribution is -2.35. The number of amides is 1. The van der Waals surface area contributed by atoms with Crippen LogP contribution in [0.25, 0.3) is 0 Å². The quantitative estimate of drug-likeness (QED) is 0.709. The Labute approximate surface area is 94.6 Å². The van der Waals surface area contributed by atoms with Gasteiger partial charge in [-0.2, -0.15) is 0 Å². The maximum atomic E-state index is 11.8. The van der Waals surface area contributed by atoms with Gasteiger partial charge in [-0.25, -0.2) is 0 Å². The normalized spacial score (nSPS) is 26.8. The van der Waals surface area contributed by atoms with Gasteiger partial charge >= 0.3 is 5.97 Å². The molecule has 1 heterocycles. The third-order valence-corrected chi connectivity index (χ3v) is 3.53. The number of carboxylic acid groups (broad SMARTS) is 1. The highest BCUT2D eigenvalue weighted by Gasteiger charge is 2.34. The summed E-state index contributed by atoms with van der Waals surface area (Å²) in [5, 5.41) is 8.83. The van der Waals surface area contributed by atoms with E-state index in [0.717, 1.165) is 12.8 Å². The van der Waals surface area contributed by atoms with Gasteiger partial charge in [0.15, 0.2) is 0 Å². The molecule has 90 valence electrons. The monoisotopic (exact) mass is 226 g/mol. The number of carbonyl (C=O) groups is 2. The molecule has 1 aliphatic carbocycles. The summed E-state index contributed by atoms with van der Waals surface area (Å²) in [6.07, 6.45) is 3.20. The minimum absolute atomic E-state index is 0.0168. The van der Waals surface area contributed by atoms with Crippen molar-refractivity contribution in [2.75, 3.05) is 13.1 Å². The topological polar surface area (TPSA) is 83.6 Å². The van der Waals surface area contributed by atoms with Crippen molar-refractivity contribution in [2.24, 2.45) is 17.6 Å². The number of hydrogen-bond acceptors (Lipinski definition) is 3. The Balaban J connectivity index is 1.79. The first-order chi connectivity index (χ1) is 7.58. The SMILES string of the molecule is NC(CC(=O)N1CCC(C(=O)O)C1)C1CC1. The van der Waals surface area contributed by atoms with Gasteiger partial charge in [0.2, 0.25) is 5.91 Å². The lowest BCUT2D eigenvalue weighted by Gasteiger charge is -2.18. The molecule has 2 unspecified atom stereocenters. The minimum atomic E-state index is -0.804. The first-order valence-electron chi connectivity index (χ1n) is 5.84. The van der Waals surface area contributed by atoms with Crippen LogP contribution in [0.2, 0.25) is 0 Å². The molecule has 0 aromatic heterocycles. The summed E-state index contributed by atoms with van der Waals surface area (Å²) < 4.78 is 0. The van der Waals surface area contributed by atoms with Gasteiger partial charge in [-0.3, -0.25) is 9.59 Å². The number of carbonyl (C=O) groups excluding carboxylic acids is 1. The largest absolute Gasteiger partial charge is 0.481 e. The lowest BCUT2D eigenvalue weighted by molar-refractivity contribution is -0.141. The second kappa shape index (κ2) is 4.41. The second-order valence-corrected chi connectivity index (χ2v) is 4.87. The van der Waals surface area contributed by atoms with Gasteiger partial charge in [-0.15, -0.1) is 0 Å². The lowest BCUT2D eigenvalue weighted by atomic mass is 10.1. The highest BCUT2D eigenvalue weighted by molar-refractivity contribution is 5.79. The van der Waals surface area contributed by atoms with E-state index in [0.29, 0.717) is 31.8 Å². The number of nitrogens with two attached hydrogens (primary N) is 1. The van der Waals surface area contributed by atoms with Gasteiger partial charge in [-0.05, 0) is 25.2 Å². The molecule has 2 rings (SSSR count). The maximum absolute atomic E-state index is 11.8. The van der Waals surface area contributed by atoms with Crippen LogP contribution in [0, 0.1) is 11.8 Å². The van der Waals surface area contributed by atoms with Crippen molar-refractivity contribution in [2.45, 2.75) is 31.7 Å². The molecule has 0 aromatic carbocycles. The molecule has 3 N–H and O–H groups in total. The molecule has 5 heteroatoms.